The van der Waals surface area contributed by atoms with Crippen LogP contribution in [0, 0.1) is 5.92 Å². The molecule has 0 radical (unpaired) electrons. The molecule has 0 rings (SSSR count). The quantitative estimate of drug-likeness (QED) is 0.254. The molecular weight excluding hydrogens is 172 g/mol. The zero-order valence-corrected chi connectivity index (χ0v) is 7.75. The molecule has 0 aromatic heterocycles. The second kappa shape index (κ2) is 5.36. The van der Waals surface area contributed by atoms with Gasteiger partial charge in [-0.15, -0.1) is 0 Å². The van der Waals surface area contributed by atoms with Crippen molar-refractivity contribution in [2.45, 2.75) is 19.4 Å². The van der Waals surface area contributed by atoms with Gasteiger partial charge in [0.05, 0.1) is 12.5 Å². The molecule has 0 aliphatic rings. The van der Waals surface area contributed by atoms with E-state index in [4.69, 9.17) is 11.5 Å². The summed E-state index contributed by atoms with van der Waals surface area (Å²) in [4.78, 5) is 13.1. The lowest BCUT2D eigenvalue weighted by molar-refractivity contribution is -0.472. The lowest BCUT2D eigenvalue weighted by Gasteiger charge is -2.15. The topological polar surface area (TPSA) is 134 Å². The van der Waals surface area contributed by atoms with E-state index >= 15 is 0 Å². The molecule has 0 aliphatic heterocycles. The lowest BCUT2D eigenvalue weighted by Crippen LogP contribution is -2.79. The normalized spacial score (nSPS) is 14.6. The van der Waals surface area contributed by atoms with Crippen LogP contribution in [0.1, 0.15) is 13.3 Å². The molecule has 0 saturated carbocycles. The van der Waals surface area contributed by atoms with Gasteiger partial charge < -0.3 is 15.6 Å². The highest BCUT2D eigenvalue weighted by Crippen LogP contribution is 2.01. The number of carbonyl (C=O) groups excluding carboxylic acids is 1. The van der Waals surface area contributed by atoms with Crippen LogP contribution in [0.4, 0.5) is 0 Å². The van der Waals surface area contributed by atoms with E-state index in [1.54, 1.807) is 6.92 Å². The molecule has 76 valence electrons. The van der Waals surface area contributed by atoms with E-state index in [9.17, 15) is 9.90 Å². The van der Waals surface area contributed by atoms with Crippen LogP contribution >= 0.6 is 0 Å². The van der Waals surface area contributed by atoms with Crippen molar-refractivity contribution < 1.29 is 20.6 Å². The predicted molar refractivity (Wildman–Crippen MR) is 44.7 cm³/mol. The third-order valence-electron chi connectivity index (χ3n) is 1.92. The van der Waals surface area contributed by atoms with Crippen LogP contribution in [0.3, 0.4) is 0 Å². The highest BCUT2D eigenvalue weighted by atomic mass is 16.4. The minimum Gasteiger partial charge on any atom is -0.544 e. The fourth-order valence-electron chi connectivity index (χ4n) is 0.878. The Morgan fingerprint density at radius 1 is 1.62 bits per heavy atom. The predicted octanol–water partition coefficient (Wildman–Crippen LogP) is -5.27. The number of hydrogen-bond donors (Lipinski definition) is 4. The summed E-state index contributed by atoms with van der Waals surface area (Å²) in [5.41, 5.74) is 13.8. The van der Waals surface area contributed by atoms with E-state index in [0.29, 0.717) is 13.0 Å². The van der Waals surface area contributed by atoms with Crippen molar-refractivity contribution in [2.24, 2.45) is 17.4 Å². The Balaban J connectivity index is 3.81. The molecule has 6 nitrogen and oxygen atoms in total. The zero-order chi connectivity index (χ0) is 10.4. The first kappa shape index (κ1) is 11.7. The van der Waals surface area contributed by atoms with Gasteiger partial charge in [0.2, 0.25) is 0 Å². The summed E-state index contributed by atoms with van der Waals surface area (Å²) < 4.78 is 0. The Kier molecular flexibility index (Phi) is 4.83. The molecule has 13 heavy (non-hydrogen) atoms. The largest absolute Gasteiger partial charge is 0.544 e. The number of carboxylic acid groups (broad SMARTS) is 1. The van der Waals surface area contributed by atoms with Gasteiger partial charge in [0, 0.05) is 5.92 Å². The van der Waals surface area contributed by atoms with Crippen molar-refractivity contribution in [1.29, 1.82) is 0 Å². The fraction of sp³-hybridized carbons (Fsp3) is 0.714. The van der Waals surface area contributed by atoms with Crippen molar-refractivity contribution in [1.82, 2.24) is 0 Å². The monoisotopic (exact) mass is 189 g/mol. The molecule has 0 aromatic carbocycles. The van der Waals surface area contributed by atoms with Crippen LogP contribution in [0.15, 0.2) is 0 Å². The number of carboxylic acids is 1. The van der Waals surface area contributed by atoms with Gasteiger partial charge in [0.25, 0.3) is 0 Å². The molecule has 0 fully saturated rings. The van der Waals surface area contributed by atoms with Crippen LogP contribution in [-0.2, 0) is 4.79 Å². The molecule has 0 unspecified atom stereocenters. The van der Waals surface area contributed by atoms with Crippen LogP contribution in [0.25, 0.3) is 0 Å². The summed E-state index contributed by atoms with van der Waals surface area (Å²) in [5.74, 6) is -1.05. The first-order valence-corrected chi connectivity index (χ1v) is 4.11. The Bertz CT molecular complexity index is 201. The van der Waals surface area contributed by atoms with E-state index in [1.165, 1.54) is 0 Å². The van der Waals surface area contributed by atoms with E-state index < -0.39 is 12.0 Å². The lowest BCUT2D eigenvalue weighted by atomic mass is 9.99. The van der Waals surface area contributed by atoms with E-state index in [0.717, 1.165) is 0 Å². The molecule has 6 heteroatoms. The summed E-state index contributed by atoms with van der Waals surface area (Å²) in [7, 11) is 0. The van der Waals surface area contributed by atoms with Crippen molar-refractivity contribution >= 4 is 11.9 Å². The minimum absolute atomic E-state index is 0.0585. The van der Waals surface area contributed by atoms with Gasteiger partial charge in [0.15, 0.2) is 0 Å². The van der Waals surface area contributed by atoms with Crippen LogP contribution in [0.5, 0.6) is 0 Å². The van der Waals surface area contributed by atoms with Crippen molar-refractivity contribution in [3.63, 3.8) is 0 Å². The number of guanidine groups is 1. The van der Waals surface area contributed by atoms with Crippen molar-refractivity contribution in [3.05, 3.63) is 0 Å². The molecule has 0 amide bonds. The number of hydrogen-bond acceptors (Lipinski definition) is 2. The van der Waals surface area contributed by atoms with Crippen LogP contribution in [0.2, 0.25) is 0 Å². The van der Waals surface area contributed by atoms with Gasteiger partial charge in [0.1, 0.15) is 6.04 Å². The van der Waals surface area contributed by atoms with Gasteiger partial charge in [-0.3, -0.25) is 16.5 Å². The molecule has 0 spiro atoms. The number of nitrogens with two attached hydrogens (primary N) is 2. The average molecular weight is 189 g/mol. The van der Waals surface area contributed by atoms with E-state index in [2.05, 4.69) is 10.7 Å². The molecule has 0 aliphatic carbocycles. The van der Waals surface area contributed by atoms with Crippen molar-refractivity contribution in [3.8, 4) is 0 Å². The highest BCUT2D eigenvalue weighted by molar-refractivity contribution is 5.69. The standard InChI is InChI=1S/C7H16N4O2/c1-4(5(8)6(12)13)2-3-11-7(9)10/h4-5H,2-3,8H2,1H3,(H,12,13)(H4,9,10,11)/p+1/t4-,5+/m1/s1. The molecule has 0 saturated heterocycles. The number of nitrogens with one attached hydrogen (secondary N) is 1. The molecule has 0 heterocycles. The van der Waals surface area contributed by atoms with E-state index in [-0.39, 0.29) is 11.9 Å². The van der Waals surface area contributed by atoms with Crippen molar-refractivity contribution in [2.75, 3.05) is 6.54 Å². The number of carbonyl (C=O) groups is 1. The molecular formula is C7H17N4O2+. The second-order valence-corrected chi connectivity index (χ2v) is 3.07. The number of rotatable bonds is 5. The average Bonchev–Trinajstić information content (AvgIpc) is 2.02. The summed E-state index contributed by atoms with van der Waals surface area (Å²) in [6.45, 7) is 2.34. The molecule has 2 atom stereocenters. The summed E-state index contributed by atoms with van der Waals surface area (Å²) >= 11 is 0. The van der Waals surface area contributed by atoms with Crippen LogP contribution < -0.4 is 27.3 Å². The van der Waals surface area contributed by atoms with Gasteiger partial charge in [-0.1, -0.05) is 6.92 Å². The summed E-state index contributed by atoms with van der Waals surface area (Å²) in [5, 5.41) is 10.4. The smallest absolute Gasteiger partial charge is 0.338 e. The van der Waals surface area contributed by atoms with Gasteiger partial charge in [-0.05, 0) is 6.42 Å². The molecule has 8 N–H and O–H groups in total. The number of quaternary nitrogens is 1. The second-order valence-electron chi connectivity index (χ2n) is 3.07. The molecule has 0 bridgehead atoms. The SMILES string of the molecule is C[C@H](CC[NH+]=C(N)N)[C@H]([NH3+])C(=O)[O-]. The van der Waals surface area contributed by atoms with Gasteiger partial charge >= 0.3 is 5.96 Å². The first-order valence-electron chi connectivity index (χ1n) is 4.11. The fourth-order valence-corrected chi connectivity index (χ4v) is 0.878. The summed E-state index contributed by atoms with van der Waals surface area (Å²) in [6.07, 6.45) is 0.639. The Morgan fingerprint density at radius 3 is 2.54 bits per heavy atom. The maximum Gasteiger partial charge on any atom is 0.338 e. The minimum atomic E-state index is -1.13. The number of aliphatic carboxylic acids is 1. The van der Waals surface area contributed by atoms with Gasteiger partial charge in [-0.2, -0.15) is 0 Å². The Morgan fingerprint density at radius 2 is 2.15 bits per heavy atom. The molecule has 0 aromatic rings. The third-order valence-corrected chi connectivity index (χ3v) is 1.92. The Hall–Kier alpha value is -1.30. The van der Waals surface area contributed by atoms with Crippen LogP contribution in [-0.4, -0.2) is 24.5 Å². The van der Waals surface area contributed by atoms with Gasteiger partial charge in [-0.25, -0.2) is 0 Å². The zero-order valence-electron chi connectivity index (χ0n) is 7.75. The Labute approximate surface area is 76.8 Å². The third kappa shape index (κ3) is 5.02. The maximum absolute atomic E-state index is 10.4. The van der Waals surface area contributed by atoms with E-state index in [1.807, 2.05) is 0 Å². The highest BCUT2D eigenvalue weighted by Gasteiger charge is 2.16. The first-order chi connectivity index (χ1) is 5.95. The maximum atomic E-state index is 10.4. The summed E-state index contributed by atoms with van der Waals surface area (Å²) in [6, 6.07) is -0.694.